The van der Waals surface area contributed by atoms with Crippen LogP contribution in [0.15, 0.2) is 23.1 Å². The van der Waals surface area contributed by atoms with Crippen molar-refractivity contribution in [1.82, 2.24) is 10.3 Å². The number of hydrogen-bond donors (Lipinski definition) is 1. The lowest BCUT2D eigenvalue weighted by Gasteiger charge is -2.19. The standard InChI is InChI=1S/C13H12F2N2O2/c14-12-10-5-16-2-1-8(10)3-11(13(12)15)18-6-9-4-17-7-19-9/h3-4,7,16H,1-2,5-6H2. The van der Waals surface area contributed by atoms with Crippen molar-refractivity contribution in [3.05, 3.63) is 47.2 Å². The number of hydrogen-bond acceptors (Lipinski definition) is 4. The molecular formula is C13H12F2N2O2. The molecule has 0 atom stereocenters. The van der Waals surface area contributed by atoms with Crippen LogP contribution in [0.4, 0.5) is 8.78 Å². The fourth-order valence-corrected chi connectivity index (χ4v) is 2.11. The molecule has 0 radical (unpaired) electrons. The summed E-state index contributed by atoms with van der Waals surface area (Å²) in [7, 11) is 0. The van der Waals surface area contributed by atoms with Crippen LogP contribution in [0.25, 0.3) is 0 Å². The van der Waals surface area contributed by atoms with Crippen LogP contribution in [-0.4, -0.2) is 11.5 Å². The van der Waals surface area contributed by atoms with Gasteiger partial charge in [0.2, 0.25) is 5.82 Å². The van der Waals surface area contributed by atoms with E-state index in [1.165, 1.54) is 12.6 Å². The number of rotatable bonds is 3. The zero-order chi connectivity index (χ0) is 13.2. The van der Waals surface area contributed by atoms with Crippen LogP contribution in [0.5, 0.6) is 5.75 Å². The maximum absolute atomic E-state index is 13.9. The van der Waals surface area contributed by atoms with Crippen LogP contribution < -0.4 is 10.1 Å². The van der Waals surface area contributed by atoms with Crippen molar-refractivity contribution in [3.8, 4) is 5.75 Å². The summed E-state index contributed by atoms with van der Waals surface area (Å²) in [5.74, 6) is -1.42. The topological polar surface area (TPSA) is 47.3 Å². The minimum absolute atomic E-state index is 0.0212. The molecule has 0 saturated carbocycles. The highest BCUT2D eigenvalue weighted by Crippen LogP contribution is 2.28. The van der Waals surface area contributed by atoms with Gasteiger partial charge in [-0.25, -0.2) is 9.37 Å². The normalized spacial score (nSPS) is 14.2. The van der Waals surface area contributed by atoms with Crippen LogP contribution in [0, 0.1) is 11.6 Å². The quantitative estimate of drug-likeness (QED) is 0.925. The van der Waals surface area contributed by atoms with Crippen molar-refractivity contribution < 1.29 is 17.9 Å². The molecule has 2 heterocycles. The van der Waals surface area contributed by atoms with E-state index in [1.54, 1.807) is 6.07 Å². The number of ether oxygens (including phenoxy) is 1. The van der Waals surface area contributed by atoms with Crippen molar-refractivity contribution in [2.24, 2.45) is 0 Å². The largest absolute Gasteiger partial charge is 0.482 e. The first-order valence-electron chi connectivity index (χ1n) is 5.96. The zero-order valence-electron chi connectivity index (χ0n) is 10.1. The molecular weight excluding hydrogens is 254 g/mol. The number of aromatic nitrogens is 1. The third-order valence-corrected chi connectivity index (χ3v) is 3.09. The average Bonchev–Trinajstić information content (AvgIpc) is 2.94. The van der Waals surface area contributed by atoms with Gasteiger partial charge in [-0.15, -0.1) is 0 Å². The van der Waals surface area contributed by atoms with Gasteiger partial charge in [-0.2, -0.15) is 4.39 Å². The SMILES string of the molecule is Fc1c(OCc2cnco2)cc2c(c1F)CNCC2. The second-order valence-electron chi connectivity index (χ2n) is 4.32. The van der Waals surface area contributed by atoms with Crippen molar-refractivity contribution >= 4 is 0 Å². The molecule has 3 rings (SSSR count). The monoisotopic (exact) mass is 266 g/mol. The van der Waals surface area contributed by atoms with Crippen molar-refractivity contribution in [2.75, 3.05) is 6.54 Å². The predicted molar refractivity (Wildman–Crippen MR) is 62.6 cm³/mol. The fraction of sp³-hybridized carbons (Fsp3) is 0.308. The van der Waals surface area contributed by atoms with E-state index in [0.717, 1.165) is 12.1 Å². The number of benzene rings is 1. The second kappa shape index (κ2) is 4.97. The molecule has 0 fully saturated rings. The number of nitrogens with zero attached hydrogens (tertiary/aromatic N) is 1. The van der Waals surface area contributed by atoms with Crippen molar-refractivity contribution in [2.45, 2.75) is 19.6 Å². The van der Waals surface area contributed by atoms with Crippen LogP contribution in [0.1, 0.15) is 16.9 Å². The Bertz CT molecular complexity index is 585. The molecule has 0 spiro atoms. The van der Waals surface area contributed by atoms with Crippen LogP contribution in [-0.2, 0) is 19.6 Å². The predicted octanol–water partition coefficient (Wildman–Crippen LogP) is 2.18. The Kier molecular flexibility index (Phi) is 3.16. The molecule has 1 aromatic heterocycles. The first kappa shape index (κ1) is 12.1. The molecule has 1 aliphatic rings. The lowest BCUT2D eigenvalue weighted by molar-refractivity contribution is 0.253. The third kappa shape index (κ3) is 2.31. The Morgan fingerprint density at radius 1 is 1.37 bits per heavy atom. The summed E-state index contributed by atoms with van der Waals surface area (Å²) in [5, 5.41) is 3.01. The molecule has 100 valence electrons. The third-order valence-electron chi connectivity index (χ3n) is 3.09. The average molecular weight is 266 g/mol. The van der Waals surface area contributed by atoms with Gasteiger partial charge in [0.05, 0.1) is 6.20 Å². The van der Waals surface area contributed by atoms with E-state index in [-0.39, 0.29) is 12.4 Å². The smallest absolute Gasteiger partial charge is 0.200 e. The summed E-state index contributed by atoms with van der Waals surface area (Å²) in [6.07, 6.45) is 3.38. The lowest BCUT2D eigenvalue weighted by atomic mass is 10.00. The maximum Gasteiger partial charge on any atom is 0.200 e. The molecule has 19 heavy (non-hydrogen) atoms. The van der Waals surface area contributed by atoms with E-state index in [1.807, 2.05) is 0 Å². The molecule has 1 N–H and O–H groups in total. The highest BCUT2D eigenvalue weighted by Gasteiger charge is 2.21. The van der Waals surface area contributed by atoms with Gasteiger partial charge < -0.3 is 14.5 Å². The zero-order valence-corrected chi connectivity index (χ0v) is 10.1. The summed E-state index contributed by atoms with van der Waals surface area (Å²) >= 11 is 0. The Morgan fingerprint density at radius 2 is 2.26 bits per heavy atom. The Hall–Kier alpha value is -1.95. The molecule has 0 bridgehead atoms. The van der Waals surface area contributed by atoms with Crippen LogP contribution >= 0.6 is 0 Å². The highest BCUT2D eigenvalue weighted by atomic mass is 19.2. The Labute approximate surface area is 108 Å². The fourth-order valence-electron chi connectivity index (χ4n) is 2.11. The molecule has 6 heteroatoms. The molecule has 0 unspecified atom stereocenters. The summed E-state index contributed by atoms with van der Waals surface area (Å²) in [6.45, 7) is 1.12. The molecule has 0 aliphatic carbocycles. The van der Waals surface area contributed by atoms with E-state index in [4.69, 9.17) is 9.15 Å². The minimum Gasteiger partial charge on any atom is -0.482 e. The van der Waals surface area contributed by atoms with Gasteiger partial charge in [-0.05, 0) is 24.6 Å². The summed E-state index contributed by atoms with van der Waals surface area (Å²) in [5.41, 5.74) is 1.17. The molecule has 1 aromatic carbocycles. The first-order chi connectivity index (χ1) is 9.25. The van der Waals surface area contributed by atoms with Gasteiger partial charge in [0.15, 0.2) is 23.7 Å². The Balaban J connectivity index is 1.87. The van der Waals surface area contributed by atoms with Gasteiger partial charge in [0.1, 0.15) is 6.61 Å². The maximum atomic E-state index is 13.9. The second-order valence-corrected chi connectivity index (χ2v) is 4.32. The van der Waals surface area contributed by atoms with E-state index >= 15 is 0 Å². The summed E-state index contributed by atoms with van der Waals surface area (Å²) < 4.78 is 38.0. The van der Waals surface area contributed by atoms with E-state index in [9.17, 15) is 8.78 Å². The van der Waals surface area contributed by atoms with E-state index in [0.29, 0.717) is 24.3 Å². The van der Waals surface area contributed by atoms with Gasteiger partial charge in [0.25, 0.3) is 0 Å². The number of halogens is 2. The molecule has 1 aliphatic heterocycles. The van der Waals surface area contributed by atoms with E-state index in [2.05, 4.69) is 10.3 Å². The summed E-state index contributed by atoms with van der Waals surface area (Å²) in [4.78, 5) is 3.72. The van der Waals surface area contributed by atoms with Gasteiger partial charge in [-0.3, -0.25) is 0 Å². The van der Waals surface area contributed by atoms with Gasteiger partial charge >= 0.3 is 0 Å². The lowest BCUT2D eigenvalue weighted by Crippen LogP contribution is -2.25. The first-order valence-corrected chi connectivity index (χ1v) is 5.96. The highest BCUT2D eigenvalue weighted by molar-refractivity contribution is 5.39. The van der Waals surface area contributed by atoms with Crippen LogP contribution in [0.3, 0.4) is 0 Å². The molecule has 2 aromatic rings. The Morgan fingerprint density at radius 3 is 3.05 bits per heavy atom. The summed E-state index contributed by atoms with van der Waals surface area (Å²) in [6, 6.07) is 1.56. The number of nitrogens with one attached hydrogen (secondary N) is 1. The minimum atomic E-state index is -0.957. The van der Waals surface area contributed by atoms with E-state index < -0.39 is 11.6 Å². The molecule has 0 amide bonds. The number of fused-ring (bicyclic) bond motifs is 1. The molecule has 0 saturated heterocycles. The van der Waals surface area contributed by atoms with Crippen molar-refractivity contribution in [1.29, 1.82) is 0 Å². The van der Waals surface area contributed by atoms with Crippen molar-refractivity contribution in [3.63, 3.8) is 0 Å². The van der Waals surface area contributed by atoms with Gasteiger partial charge in [-0.1, -0.05) is 0 Å². The van der Waals surface area contributed by atoms with Crippen LogP contribution in [0.2, 0.25) is 0 Å². The number of oxazole rings is 1. The molecule has 4 nitrogen and oxygen atoms in total. The van der Waals surface area contributed by atoms with Gasteiger partial charge in [0, 0.05) is 12.1 Å².